The molecule has 106 valence electrons. The Hall–Kier alpha value is -0.610. The van der Waals surface area contributed by atoms with Crippen LogP contribution in [-0.2, 0) is 14.3 Å². The molecule has 1 aliphatic rings. The van der Waals surface area contributed by atoms with Gasteiger partial charge >= 0.3 is 5.97 Å². The second-order valence-corrected chi connectivity index (χ2v) is 5.64. The zero-order chi connectivity index (χ0) is 13.6. The van der Waals surface area contributed by atoms with Gasteiger partial charge in [0.05, 0.1) is 12.7 Å². The number of esters is 1. The highest BCUT2D eigenvalue weighted by Crippen LogP contribution is 2.25. The van der Waals surface area contributed by atoms with Crippen molar-refractivity contribution in [1.29, 1.82) is 0 Å². The van der Waals surface area contributed by atoms with Crippen molar-refractivity contribution in [3.8, 4) is 0 Å². The molecule has 4 heteroatoms. The second-order valence-electron chi connectivity index (χ2n) is 5.64. The van der Waals surface area contributed by atoms with E-state index in [1.165, 1.54) is 12.8 Å². The van der Waals surface area contributed by atoms with Crippen LogP contribution in [0.5, 0.6) is 0 Å². The minimum atomic E-state index is -0.933. The molecule has 2 N–H and O–H groups in total. The molecule has 1 unspecified atom stereocenters. The van der Waals surface area contributed by atoms with Gasteiger partial charge in [-0.2, -0.15) is 0 Å². The summed E-state index contributed by atoms with van der Waals surface area (Å²) in [5, 5.41) is 0. The van der Waals surface area contributed by atoms with Gasteiger partial charge in [-0.3, -0.25) is 4.79 Å². The Balaban J connectivity index is 2.22. The SMILES string of the molecule is CCOC(=O)C(C)(N)CCOC1CCC(C)CC1. The van der Waals surface area contributed by atoms with Crippen molar-refractivity contribution < 1.29 is 14.3 Å². The molecule has 0 aromatic heterocycles. The molecule has 1 rings (SSSR count). The van der Waals surface area contributed by atoms with E-state index in [9.17, 15) is 4.79 Å². The van der Waals surface area contributed by atoms with E-state index < -0.39 is 5.54 Å². The molecular formula is C14H27NO3. The Kier molecular flexibility index (Phi) is 6.09. The monoisotopic (exact) mass is 257 g/mol. The molecule has 0 aromatic rings. The Morgan fingerprint density at radius 1 is 1.33 bits per heavy atom. The highest BCUT2D eigenvalue weighted by atomic mass is 16.5. The van der Waals surface area contributed by atoms with E-state index in [2.05, 4.69) is 6.92 Å². The van der Waals surface area contributed by atoms with Gasteiger partial charge in [0, 0.05) is 6.61 Å². The van der Waals surface area contributed by atoms with Crippen LogP contribution in [0.3, 0.4) is 0 Å². The van der Waals surface area contributed by atoms with Crippen LogP contribution in [0.15, 0.2) is 0 Å². The van der Waals surface area contributed by atoms with Crippen molar-refractivity contribution in [3.63, 3.8) is 0 Å². The third kappa shape index (κ3) is 4.94. The summed E-state index contributed by atoms with van der Waals surface area (Å²) in [6.45, 7) is 6.68. The van der Waals surface area contributed by atoms with Crippen molar-refractivity contribution in [1.82, 2.24) is 0 Å². The van der Waals surface area contributed by atoms with Gasteiger partial charge in [-0.05, 0) is 51.9 Å². The first-order valence-corrected chi connectivity index (χ1v) is 7.03. The number of hydrogen-bond acceptors (Lipinski definition) is 4. The van der Waals surface area contributed by atoms with Crippen LogP contribution in [0.2, 0.25) is 0 Å². The molecule has 1 aliphatic carbocycles. The molecule has 0 amide bonds. The molecule has 0 aromatic carbocycles. The average Bonchev–Trinajstić information content (AvgIpc) is 2.32. The molecule has 0 radical (unpaired) electrons. The van der Waals surface area contributed by atoms with Gasteiger partial charge in [0.2, 0.25) is 0 Å². The quantitative estimate of drug-likeness (QED) is 0.741. The summed E-state index contributed by atoms with van der Waals surface area (Å²) >= 11 is 0. The standard InChI is InChI=1S/C14H27NO3/c1-4-17-13(16)14(3,15)9-10-18-12-7-5-11(2)6-8-12/h11-12H,4-10,15H2,1-3H3. The Morgan fingerprint density at radius 3 is 2.50 bits per heavy atom. The van der Waals surface area contributed by atoms with Gasteiger partial charge in [0.25, 0.3) is 0 Å². The second kappa shape index (κ2) is 7.10. The minimum Gasteiger partial charge on any atom is -0.465 e. The smallest absolute Gasteiger partial charge is 0.325 e. The summed E-state index contributed by atoms with van der Waals surface area (Å²) in [7, 11) is 0. The topological polar surface area (TPSA) is 61.5 Å². The zero-order valence-corrected chi connectivity index (χ0v) is 11.9. The molecule has 0 aliphatic heterocycles. The first-order chi connectivity index (χ1) is 8.45. The number of ether oxygens (including phenoxy) is 2. The van der Waals surface area contributed by atoms with Gasteiger partial charge in [-0.1, -0.05) is 6.92 Å². The van der Waals surface area contributed by atoms with E-state index in [0.717, 1.165) is 18.8 Å². The van der Waals surface area contributed by atoms with E-state index in [0.29, 0.717) is 25.7 Å². The molecule has 1 fully saturated rings. The van der Waals surface area contributed by atoms with Gasteiger partial charge < -0.3 is 15.2 Å². The van der Waals surface area contributed by atoms with E-state index >= 15 is 0 Å². The predicted octanol–water partition coefficient (Wildman–Crippen LogP) is 2.25. The first-order valence-electron chi connectivity index (χ1n) is 7.03. The fourth-order valence-electron chi connectivity index (χ4n) is 2.23. The number of nitrogens with two attached hydrogens (primary N) is 1. The fourth-order valence-corrected chi connectivity index (χ4v) is 2.23. The normalized spacial score (nSPS) is 27.6. The lowest BCUT2D eigenvalue weighted by atomic mass is 9.89. The maximum Gasteiger partial charge on any atom is 0.325 e. The van der Waals surface area contributed by atoms with Gasteiger partial charge in [0.15, 0.2) is 0 Å². The van der Waals surface area contributed by atoms with E-state index in [1.807, 2.05) is 0 Å². The van der Waals surface area contributed by atoms with Gasteiger partial charge in [-0.15, -0.1) is 0 Å². The molecule has 0 bridgehead atoms. The number of carbonyl (C=O) groups excluding carboxylic acids is 1. The lowest BCUT2D eigenvalue weighted by Crippen LogP contribution is -2.47. The van der Waals surface area contributed by atoms with Crippen molar-refractivity contribution in [2.45, 2.75) is 64.5 Å². The lowest BCUT2D eigenvalue weighted by Gasteiger charge is -2.28. The Morgan fingerprint density at radius 2 is 1.94 bits per heavy atom. The first kappa shape index (κ1) is 15.4. The van der Waals surface area contributed by atoms with E-state index in [1.54, 1.807) is 13.8 Å². The van der Waals surface area contributed by atoms with Crippen LogP contribution in [-0.4, -0.2) is 30.8 Å². The van der Waals surface area contributed by atoms with Crippen molar-refractivity contribution >= 4 is 5.97 Å². The Labute approximate surface area is 110 Å². The van der Waals surface area contributed by atoms with Crippen molar-refractivity contribution in [2.24, 2.45) is 11.7 Å². The number of carbonyl (C=O) groups is 1. The average molecular weight is 257 g/mol. The van der Waals surface area contributed by atoms with E-state index in [-0.39, 0.29) is 5.97 Å². The maximum absolute atomic E-state index is 11.6. The molecule has 0 spiro atoms. The van der Waals surface area contributed by atoms with Crippen LogP contribution < -0.4 is 5.73 Å². The summed E-state index contributed by atoms with van der Waals surface area (Å²) in [4.78, 5) is 11.6. The lowest BCUT2D eigenvalue weighted by molar-refractivity contribution is -0.150. The van der Waals surface area contributed by atoms with Crippen LogP contribution in [0, 0.1) is 5.92 Å². The molecule has 0 saturated heterocycles. The summed E-state index contributed by atoms with van der Waals surface area (Å²) in [6.07, 6.45) is 5.59. The highest BCUT2D eigenvalue weighted by molar-refractivity contribution is 5.79. The molecule has 1 atom stereocenters. The fraction of sp³-hybridized carbons (Fsp3) is 0.929. The number of hydrogen-bond donors (Lipinski definition) is 1. The van der Waals surface area contributed by atoms with E-state index in [4.69, 9.17) is 15.2 Å². The van der Waals surface area contributed by atoms with Crippen molar-refractivity contribution in [2.75, 3.05) is 13.2 Å². The summed E-state index contributed by atoms with van der Waals surface area (Å²) in [6, 6.07) is 0. The summed E-state index contributed by atoms with van der Waals surface area (Å²) in [5.41, 5.74) is 5.00. The van der Waals surface area contributed by atoms with Crippen LogP contribution in [0.4, 0.5) is 0 Å². The molecule has 1 saturated carbocycles. The van der Waals surface area contributed by atoms with Gasteiger partial charge in [-0.25, -0.2) is 0 Å². The highest BCUT2D eigenvalue weighted by Gasteiger charge is 2.30. The molecule has 0 heterocycles. The molecular weight excluding hydrogens is 230 g/mol. The molecule has 4 nitrogen and oxygen atoms in total. The van der Waals surface area contributed by atoms with Crippen LogP contribution in [0.1, 0.15) is 52.9 Å². The van der Waals surface area contributed by atoms with Crippen molar-refractivity contribution in [3.05, 3.63) is 0 Å². The third-order valence-corrected chi connectivity index (χ3v) is 3.68. The largest absolute Gasteiger partial charge is 0.465 e. The van der Waals surface area contributed by atoms with Crippen LogP contribution in [0.25, 0.3) is 0 Å². The van der Waals surface area contributed by atoms with Gasteiger partial charge in [0.1, 0.15) is 5.54 Å². The Bertz CT molecular complexity index is 258. The number of rotatable bonds is 6. The minimum absolute atomic E-state index is 0.342. The maximum atomic E-state index is 11.6. The summed E-state index contributed by atoms with van der Waals surface area (Å²) in [5.74, 6) is 0.482. The predicted molar refractivity (Wildman–Crippen MR) is 71.2 cm³/mol. The summed E-state index contributed by atoms with van der Waals surface area (Å²) < 4.78 is 10.8. The zero-order valence-electron chi connectivity index (χ0n) is 11.9. The van der Waals surface area contributed by atoms with Crippen LogP contribution >= 0.6 is 0 Å². The molecule has 18 heavy (non-hydrogen) atoms. The third-order valence-electron chi connectivity index (χ3n) is 3.68.